The number of hydrogen-bond donors (Lipinski definition) is 1. The second-order valence-corrected chi connectivity index (χ2v) is 10.2. The standard InChI is InChI=1S/C31H28O3S/c1-3-22-26(20-13-7-5-8-14-20)27(21-15-9-6-10-16-21)31(4-2,30(22)34)19-24(32)29-28(33)23-17-11-12-18-25(23)35-29/h5-18,22,33H,3-4,19H2,1-2H3/t22-,31-/m0/s1. The maximum Gasteiger partial charge on any atom is 0.177 e. The molecule has 176 valence electrons. The van der Waals surface area contributed by atoms with E-state index in [9.17, 15) is 14.7 Å². The number of rotatable bonds is 7. The van der Waals surface area contributed by atoms with Crippen molar-refractivity contribution in [3.05, 3.63) is 101 Å². The lowest BCUT2D eigenvalue weighted by atomic mass is 9.70. The summed E-state index contributed by atoms with van der Waals surface area (Å²) in [6.45, 7) is 4.04. The molecule has 0 fully saturated rings. The third-order valence-electron chi connectivity index (χ3n) is 7.33. The molecule has 3 aromatic carbocycles. The van der Waals surface area contributed by atoms with Crippen molar-refractivity contribution in [1.29, 1.82) is 0 Å². The van der Waals surface area contributed by atoms with Crippen molar-refractivity contribution < 1.29 is 14.7 Å². The molecule has 0 saturated carbocycles. The number of benzene rings is 3. The van der Waals surface area contributed by atoms with Crippen LogP contribution in [0.3, 0.4) is 0 Å². The molecule has 5 rings (SSSR count). The largest absolute Gasteiger partial charge is 0.506 e. The van der Waals surface area contributed by atoms with Crippen molar-refractivity contribution in [2.24, 2.45) is 11.3 Å². The fraction of sp³-hybridized carbons (Fsp3) is 0.226. The van der Waals surface area contributed by atoms with Crippen molar-refractivity contribution in [1.82, 2.24) is 0 Å². The number of hydrogen-bond acceptors (Lipinski definition) is 4. The first kappa shape index (κ1) is 23.3. The van der Waals surface area contributed by atoms with Crippen LogP contribution in [0.2, 0.25) is 0 Å². The maximum atomic E-state index is 14.2. The van der Waals surface area contributed by atoms with Gasteiger partial charge in [0.15, 0.2) is 11.6 Å². The normalized spacial score (nSPS) is 20.1. The summed E-state index contributed by atoms with van der Waals surface area (Å²) in [6, 6.07) is 27.6. The zero-order valence-electron chi connectivity index (χ0n) is 20.0. The SMILES string of the molecule is CC[C@@H]1C(=O)[C@@](CC)(CC(=O)c2sc3ccccc3c2O)C(c2ccccc2)=C1c1ccccc1. The predicted octanol–water partition coefficient (Wildman–Crippen LogP) is 7.80. The van der Waals surface area contributed by atoms with Gasteiger partial charge >= 0.3 is 0 Å². The molecule has 0 amide bonds. The average Bonchev–Trinajstić information content (AvgIpc) is 3.37. The van der Waals surface area contributed by atoms with Gasteiger partial charge in [-0.25, -0.2) is 0 Å². The van der Waals surface area contributed by atoms with Crippen molar-refractivity contribution in [2.75, 3.05) is 0 Å². The molecule has 0 spiro atoms. The van der Waals surface area contributed by atoms with Crippen LogP contribution in [0, 0.1) is 11.3 Å². The molecule has 1 aromatic heterocycles. The fourth-order valence-electron chi connectivity index (χ4n) is 5.64. The minimum absolute atomic E-state index is 0.0212. The van der Waals surface area contributed by atoms with Crippen LogP contribution in [-0.2, 0) is 4.79 Å². The van der Waals surface area contributed by atoms with Gasteiger partial charge in [0, 0.05) is 22.4 Å². The summed E-state index contributed by atoms with van der Waals surface area (Å²) in [5.41, 5.74) is 3.04. The Balaban J connectivity index is 1.71. The molecule has 0 radical (unpaired) electrons. The van der Waals surface area contributed by atoms with Crippen LogP contribution < -0.4 is 0 Å². The predicted molar refractivity (Wildman–Crippen MR) is 144 cm³/mol. The molecule has 1 aliphatic carbocycles. The molecule has 4 aromatic rings. The van der Waals surface area contributed by atoms with Crippen molar-refractivity contribution in [2.45, 2.75) is 33.1 Å². The van der Waals surface area contributed by atoms with E-state index in [4.69, 9.17) is 0 Å². The van der Waals surface area contributed by atoms with E-state index in [0.29, 0.717) is 23.1 Å². The van der Waals surface area contributed by atoms with Gasteiger partial charge in [0.2, 0.25) is 0 Å². The third kappa shape index (κ3) is 3.73. The van der Waals surface area contributed by atoms with Gasteiger partial charge in [-0.3, -0.25) is 9.59 Å². The topological polar surface area (TPSA) is 54.4 Å². The lowest BCUT2D eigenvalue weighted by Crippen LogP contribution is -2.33. The first-order chi connectivity index (χ1) is 17.0. The molecule has 35 heavy (non-hydrogen) atoms. The monoisotopic (exact) mass is 480 g/mol. The molecular weight excluding hydrogens is 452 g/mol. The Morgan fingerprint density at radius 1 is 0.886 bits per heavy atom. The molecule has 0 unspecified atom stereocenters. The summed E-state index contributed by atoms with van der Waals surface area (Å²) >= 11 is 1.30. The molecule has 1 N–H and O–H groups in total. The van der Waals surface area contributed by atoms with Crippen LogP contribution >= 0.6 is 11.3 Å². The molecule has 3 nitrogen and oxygen atoms in total. The highest BCUT2D eigenvalue weighted by atomic mass is 32.1. The molecule has 0 saturated heterocycles. The van der Waals surface area contributed by atoms with Gasteiger partial charge in [0.05, 0.1) is 5.41 Å². The van der Waals surface area contributed by atoms with Gasteiger partial charge in [0.1, 0.15) is 10.6 Å². The van der Waals surface area contributed by atoms with Gasteiger partial charge in [-0.15, -0.1) is 11.3 Å². The minimum Gasteiger partial charge on any atom is -0.506 e. The summed E-state index contributed by atoms with van der Waals surface area (Å²) < 4.78 is 0.867. The molecule has 0 bridgehead atoms. The molecule has 1 heterocycles. The summed E-state index contributed by atoms with van der Waals surface area (Å²) in [4.78, 5) is 28.4. The summed E-state index contributed by atoms with van der Waals surface area (Å²) in [6.07, 6.45) is 1.23. The van der Waals surface area contributed by atoms with Gasteiger partial charge in [-0.1, -0.05) is 86.6 Å². The van der Waals surface area contributed by atoms with E-state index >= 15 is 0 Å². The van der Waals surface area contributed by atoms with E-state index in [1.165, 1.54) is 11.3 Å². The van der Waals surface area contributed by atoms with Gasteiger partial charge in [0.25, 0.3) is 0 Å². The lowest BCUT2D eigenvalue weighted by molar-refractivity contribution is -0.127. The van der Waals surface area contributed by atoms with Crippen LogP contribution in [0.4, 0.5) is 0 Å². The van der Waals surface area contributed by atoms with Crippen molar-refractivity contribution in [3.63, 3.8) is 0 Å². The van der Waals surface area contributed by atoms with Gasteiger partial charge in [-0.2, -0.15) is 0 Å². The average molecular weight is 481 g/mol. The van der Waals surface area contributed by atoms with E-state index in [2.05, 4.69) is 12.1 Å². The molecular formula is C31H28O3S. The van der Waals surface area contributed by atoms with E-state index in [1.807, 2.05) is 86.6 Å². The number of ketones is 2. The minimum atomic E-state index is -0.951. The first-order valence-corrected chi connectivity index (χ1v) is 13.0. The number of carbonyl (C=O) groups excluding carboxylic acids is 2. The van der Waals surface area contributed by atoms with Gasteiger partial charge in [-0.05, 0) is 47.2 Å². The number of aromatic hydroxyl groups is 1. The fourth-order valence-corrected chi connectivity index (χ4v) is 6.67. The highest BCUT2D eigenvalue weighted by molar-refractivity contribution is 7.21. The highest BCUT2D eigenvalue weighted by Crippen LogP contribution is 2.57. The summed E-state index contributed by atoms with van der Waals surface area (Å²) in [5.74, 6) is -0.338. The zero-order valence-corrected chi connectivity index (χ0v) is 20.8. The van der Waals surface area contributed by atoms with E-state index in [1.54, 1.807) is 0 Å². The van der Waals surface area contributed by atoms with E-state index in [-0.39, 0.29) is 29.7 Å². The van der Waals surface area contributed by atoms with Crippen LogP contribution in [-0.4, -0.2) is 16.7 Å². The Bertz CT molecular complexity index is 1430. The zero-order chi connectivity index (χ0) is 24.6. The van der Waals surface area contributed by atoms with Crippen LogP contribution in [0.15, 0.2) is 84.9 Å². The van der Waals surface area contributed by atoms with Crippen molar-refractivity contribution in [3.8, 4) is 5.75 Å². The van der Waals surface area contributed by atoms with Crippen molar-refractivity contribution >= 4 is 44.1 Å². The first-order valence-electron chi connectivity index (χ1n) is 12.1. The highest BCUT2D eigenvalue weighted by Gasteiger charge is 2.53. The number of allylic oxidation sites excluding steroid dienone is 2. The Labute approximate surface area is 209 Å². The smallest absolute Gasteiger partial charge is 0.177 e. The number of Topliss-reactive ketones (excluding diaryl/α,β-unsaturated/α-hetero) is 2. The van der Waals surface area contributed by atoms with E-state index < -0.39 is 5.41 Å². The van der Waals surface area contributed by atoms with Crippen LogP contribution in [0.25, 0.3) is 21.2 Å². The molecule has 1 aliphatic rings. The third-order valence-corrected chi connectivity index (χ3v) is 8.53. The Kier molecular flexibility index (Phi) is 6.16. The molecule has 0 aliphatic heterocycles. The Morgan fingerprint density at radius 3 is 2.09 bits per heavy atom. The second-order valence-electron chi connectivity index (χ2n) is 9.16. The second kappa shape index (κ2) is 9.27. The Morgan fingerprint density at radius 2 is 1.49 bits per heavy atom. The van der Waals surface area contributed by atoms with Crippen LogP contribution in [0.5, 0.6) is 5.75 Å². The Hall–Kier alpha value is -3.50. The maximum absolute atomic E-state index is 14.2. The number of fused-ring (bicyclic) bond motifs is 1. The summed E-state index contributed by atoms with van der Waals surface area (Å²) in [7, 11) is 0. The van der Waals surface area contributed by atoms with E-state index in [0.717, 1.165) is 27.0 Å². The lowest BCUT2D eigenvalue weighted by Gasteiger charge is -2.30. The molecule has 2 atom stereocenters. The van der Waals surface area contributed by atoms with Gasteiger partial charge < -0.3 is 5.11 Å². The van der Waals surface area contributed by atoms with Crippen LogP contribution in [0.1, 0.15) is 53.9 Å². The number of carbonyl (C=O) groups is 2. The molecule has 4 heteroatoms. The number of thiophene rings is 1. The summed E-state index contributed by atoms with van der Waals surface area (Å²) in [5, 5.41) is 11.5. The quantitative estimate of drug-likeness (QED) is 0.275.